The van der Waals surface area contributed by atoms with Gasteiger partial charge in [-0.25, -0.2) is 0 Å². The number of carbonyl (C=O) groups excluding carboxylic acids is 2. The molecular formula is C24H29N3O3. The van der Waals surface area contributed by atoms with Crippen molar-refractivity contribution < 1.29 is 14.3 Å². The molecule has 6 heteroatoms. The summed E-state index contributed by atoms with van der Waals surface area (Å²) in [6, 6.07) is 11.2. The number of para-hydroxylation sites is 1. The first-order valence-electron chi connectivity index (χ1n) is 10.7. The molecule has 1 saturated carbocycles. The van der Waals surface area contributed by atoms with Crippen LogP contribution in [0.1, 0.15) is 48.0 Å². The molecule has 1 aromatic heterocycles. The lowest BCUT2D eigenvalue weighted by molar-refractivity contribution is -0.128. The second-order valence-corrected chi connectivity index (χ2v) is 8.43. The highest BCUT2D eigenvalue weighted by Gasteiger charge is 2.51. The van der Waals surface area contributed by atoms with E-state index in [1.807, 2.05) is 29.2 Å². The lowest BCUT2D eigenvalue weighted by Gasteiger charge is -2.37. The van der Waals surface area contributed by atoms with Crippen LogP contribution >= 0.6 is 0 Å². The van der Waals surface area contributed by atoms with E-state index in [4.69, 9.17) is 4.74 Å². The number of methoxy groups -OCH3 is 1. The quantitative estimate of drug-likeness (QED) is 0.824. The molecule has 2 aliphatic rings. The van der Waals surface area contributed by atoms with E-state index in [1.165, 1.54) is 6.42 Å². The summed E-state index contributed by atoms with van der Waals surface area (Å²) in [5.74, 6) is 0.611. The van der Waals surface area contributed by atoms with Gasteiger partial charge in [-0.05, 0) is 31.0 Å². The number of aromatic nitrogens is 1. The lowest BCUT2D eigenvalue weighted by atomic mass is 9.67. The van der Waals surface area contributed by atoms with E-state index in [2.05, 4.69) is 10.3 Å². The molecule has 4 rings (SSSR count). The molecule has 30 heavy (non-hydrogen) atoms. The molecule has 1 aromatic carbocycles. The van der Waals surface area contributed by atoms with Crippen LogP contribution in [0.2, 0.25) is 0 Å². The Morgan fingerprint density at radius 2 is 1.87 bits per heavy atom. The molecule has 6 nitrogen and oxygen atoms in total. The molecule has 1 aliphatic carbocycles. The summed E-state index contributed by atoms with van der Waals surface area (Å²) in [7, 11) is 1.64. The predicted molar refractivity (Wildman–Crippen MR) is 114 cm³/mol. The van der Waals surface area contributed by atoms with Gasteiger partial charge in [-0.15, -0.1) is 0 Å². The van der Waals surface area contributed by atoms with Gasteiger partial charge >= 0.3 is 0 Å². The van der Waals surface area contributed by atoms with Crippen molar-refractivity contribution in [1.82, 2.24) is 15.2 Å². The van der Waals surface area contributed by atoms with Gasteiger partial charge in [-0.3, -0.25) is 14.6 Å². The number of hydrogen-bond donors (Lipinski definition) is 1. The maximum absolute atomic E-state index is 13.3. The first-order valence-corrected chi connectivity index (χ1v) is 10.7. The topological polar surface area (TPSA) is 71.5 Å². The Hall–Kier alpha value is -2.89. The van der Waals surface area contributed by atoms with E-state index in [9.17, 15) is 9.59 Å². The zero-order valence-electron chi connectivity index (χ0n) is 17.5. The molecule has 2 amide bonds. The smallest absolute Gasteiger partial charge is 0.254 e. The monoisotopic (exact) mass is 407 g/mol. The van der Waals surface area contributed by atoms with Crippen LogP contribution in [-0.4, -0.2) is 41.9 Å². The van der Waals surface area contributed by atoms with Gasteiger partial charge in [-0.2, -0.15) is 0 Å². The Kier molecular flexibility index (Phi) is 6.02. The molecule has 0 radical (unpaired) electrons. The molecule has 1 aliphatic heterocycles. The largest absolute Gasteiger partial charge is 0.496 e. The fraction of sp³-hybridized carbons (Fsp3) is 0.458. The Balaban J connectivity index is 1.50. The van der Waals surface area contributed by atoms with Crippen molar-refractivity contribution in [1.29, 1.82) is 0 Å². The zero-order valence-corrected chi connectivity index (χ0v) is 17.5. The highest BCUT2D eigenvalue weighted by Crippen LogP contribution is 2.48. The predicted octanol–water partition coefficient (Wildman–Crippen LogP) is 3.43. The van der Waals surface area contributed by atoms with Gasteiger partial charge in [0.1, 0.15) is 5.75 Å². The highest BCUT2D eigenvalue weighted by molar-refractivity contribution is 5.95. The third kappa shape index (κ3) is 4.04. The highest BCUT2D eigenvalue weighted by atomic mass is 16.5. The minimum absolute atomic E-state index is 0.0117. The number of nitrogens with one attached hydrogen (secondary N) is 1. The number of carbonyl (C=O) groups is 2. The standard InChI is InChI=1S/C24H29N3O3/c1-30-21-8-4-3-7-19(21)15-26-22(28)20-16-27(17-24(20)11-5-2-6-12-24)23(29)18-9-13-25-14-10-18/h3-4,7-10,13-14,20H,2,5-6,11-12,15-17H2,1H3,(H,26,28)/t20-/m0/s1. The summed E-state index contributed by atoms with van der Waals surface area (Å²) in [4.78, 5) is 32.2. The molecular weight excluding hydrogens is 378 g/mol. The van der Waals surface area contributed by atoms with Crippen molar-refractivity contribution >= 4 is 11.8 Å². The third-order valence-corrected chi connectivity index (χ3v) is 6.67. The third-order valence-electron chi connectivity index (χ3n) is 6.67. The van der Waals surface area contributed by atoms with Gasteiger partial charge in [-0.1, -0.05) is 37.5 Å². The molecule has 1 saturated heterocycles. The molecule has 1 spiro atoms. The van der Waals surface area contributed by atoms with E-state index in [-0.39, 0.29) is 23.1 Å². The van der Waals surface area contributed by atoms with Gasteiger partial charge in [0.15, 0.2) is 0 Å². The summed E-state index contributed by atoms with van der Waals surface area (Å²) in [5.41, 5.74) is 1.46. The first kappa shape index (κ1) is 20.4. The van der Waals surface area contributed by atoms with Crippen molar-refractivity contribution in [2.75, 3.05) is 20.2 Å². The van der Waals surface area contributed by atoms with Crippen LogP contribution in [0.25, 0.3) is 0 Å². The number of ether oxygens (including phenoxy) is 1. The summed E-state index contributed by atoms with van der Waals surface area (Å²) < 4.78 is 5.40. The summed E-state index contributed by atoms with van der Waals surface area (Å²) in [5, 5.41) is 3.12. The Labute approximate surface area is 177 Å². The van der Waals surface area contributed by atoms with E-state index < -0.39 is 0 Å². The van der Waals surface area contributed by atoms with Crippen LogP contribution in [0.4, 0.5) is 0 Å². The van der Waals surface area contributed by atoms with Crippen molar-refractivity contribution in [3.8, 4) is 5.75 Å². The molecule has 2 heterocycles. The van der Waals surface area contributed by atoms with Crippen molar-refractivity contribution in [3.05, 3.63) is 59.9 Å². The first-order chi connectivity index (χ1) is 14.6. The minimum Gasteiger partial charge on any atom is -0.496 e. The number of rotatable bonds is 5. The van der Waals surface area contributed by atoms with Crippen molar-refractivity contribution in [2.45, 2.75) is 38.6 Å². The second-order valence-electron chi connectivity index (χ2n) is 8.43. The van der Waals surface area contributed by atoms with E-state index in [0.717, 1.165) is 37.0 Å². The number of nitrogens with zero attached hydrogens (tertiary/aromatic N) is 2. The maximum atomic E-state index is 13.3. The molecule has 1 atom stereocenters. The zero-order chi connectivity index (χ0) is 21.0. The van der Waals surface area contributed by atoms with Crippen LogP contribution in [0.15, 0.2) is 48.8 Å². The number of hydrogen-bond acceptors (Lipinski definition) is 4. The van der Waals surface area contributed by atoms with E-state index in [1.54, 1.807) is 31.6 Å². The summed E-state index contributed by atoms with van der Waals surface area (Å²) in [6.07, 6.45) is 8.71. The number of likely N-dealkylation sites (tertiary alicyclic amines) is 1. The van der Waals surface area contributed by atoms with E-state index in [0.29, 0.717) is 25.2 Å². The Bertz CT molecular complexity index is 894. The number of benzene rings is 1. The molecule has 2 fully saturated rings. The van der Waals surface area contributed by atoms with Gasteiger partial charge < -0.3 is 15.0 Å². The van der Waals surface area contributed by atoms with Crippen LogP contribution in [-0.2, 0) is 11.3 Å². The lowest BCUT2D eigenvalue weighted by Crippen LogP contribution is -2.42. The van der Waals surface area contributed by atoms with Crippen LogP contribution < -0.4 is 10.1 Å². The number of pyridine rings is 1. The Morgan fingerprint density at radius 1 is 1.13 bits per heavy atom. The fourth-order valence-corrected chi connectivity index (χ4v) is 5.08. The normalized spacial score (nSPS) is 20.2. The van der Waals surface area contributed by atoms with Gasteiger partial charge in [0, 0.05) is 48.6 Å². The van der Waals surface area contributed by atoms with Crippen LogP contribution in [0.5, 0.6) is 5.75 Å². The Morgan fingerprint density at radius 3 is 2.60 bits per heavy atom. The van der Waals surface area contributed by atoms with Crippen molar-refractivity contribution in [2.24, 2.45) is 11.3 Å². The molecule has 0 unspecified atom stereocenters. The second kappa shape index (κ2) is 8.86. The molecule has 2 aromatic rings. The molecule has 158 valence electrons. The minimum atomic E-state index is -0.182. The van der Waals surface area contributed by atoms with Gasteiger partial charge in [0.2, 0.25) is 5.91 Å². The average molecular weight is 408 g/mol. The van der Waals surface area contributed by atoms with Crippen LogP contribution in [0.3, 0.4) is 0 Å². The SMILES string of the molecule is COc1ccccc1CNC(=O)[C@@H]1CN(C(=O)c2ccncc2)CC12CCCCC2. The average Bonchev–Trinajstić information content (AvgIpc) is 3.16. The summed E-state index contributed by atoms with van der Waals surface area (Å²) >= 11 is 0. The van der Waals surface area contributed by atoms with E-state index >= 15 is 0 Å². The van der Waals surface area contributed by atoms with Crippen LogP contribution in [0, 0.1) is 11.3 Å². The fourth-order valence-electron chi connectivity index (χ4n) is 5.08. The molecule has 0 bridgehead atoms. The molecule has 1 N–H and O–H groups in total. The van der Waals surface area contributed by atoms with Crippen molar-refractivity contribution in [3.63, 3.8) is 0 Å². The summed E-state index contributed by atoms with van der Waals surface area (Å²) in [6.45, 7) is 1.55. The number of amides is 2. The maximum Gasteiger partial charge on any atom is 0.254 e. The van der Waals surface area contributed by atoms with Gasteiger partial charge in [0.25, 0.3) is 5.91 Å². The van der Waals surface area contributed by atoms with Gasteiger partial charge in [0.05, 0.1) is 13.0 Å².